The Bertz CT molecular complexity index is 840. The van der Waals surface area contributed by atoms with E-state index in [0.29, 0.717) is 5.56 Å². The van der Waals surface area contributed by atoms with Crippen LogP contribution in [0.5, 0.6) is 0 Å². The van der Waals surface area contributed by atoms with Crippen LogP contribution in [0.2, 0.25) is 0 Å². The van der Waals surface area contributed by atoms with Crippen LogP contribution in [0.1, 0.15) is 32.5 Å². The van der Waals surface area contributed by atoms with E-state index in [0.717, 1.165) is 39.4 Å². The molecule has 0 radical (unpaired) electrons. The molecule has 6 heteroatoms. The predicted molar refractivity (Wildman–Crippen MR) is 85.9 cm³/mol. The number of fused-ring (bicyclic) bond motifs is 2. The molecule has 0 aliphatic carbocycles. The number of rotatable bonds is 2. The van der Waals surface area contributed by atoms with Gasteiger partial charge in [0.15, 0.2) is 0 Å². The molecule has 1 aromatic carbocycles. The Morgan fingerprint density at radius 2 is 2.23 bits per heavy atom. The summed E-state index contributed by atoms with van der Waals surface area (Å²) >= 11 is 1.55. The van der Waals surface area contributed by atoms with Crippen LogP contribution in [-0.2, 0) is 6.42 Å². The summed E-state index contributed by atoms with van der Waals surface area (Å²) in [6.45, 7) is 0.850. The number of carbonyl (C=O) groups is 1. The quantitative estimate of drug-likeness (QED) is 0.759. The maximum absolute atomic E-state index is 11.8. The van der Waals surface area contributed by atoms with Gasteiger partial charge < -0.3 is 11.1 Å². The monoisotopic (exact) mass is 310 g/mol. The van der Waals surface area contributed by atoms with E-state index in [1.54, 1.807) is 23.6 Å². The third-order valence-corrected chi connectivity index (χ3v) is 4.97. The molecule has 1 atom stereocenters. The highest BCUT2D eigenvalue weighted by Gasteiger charge is 2.28. The molecule has 3 aromatic rings. The minimum Gasteiger partial charge on any atom is -0.366 e. The maximum atomic E-state index is 11.8. The summed E-state index contributed by atoms with van der Waals surface area (Å²) in [5, 5.41) is 4.38. The lowest BCUT2D eigenvalue weighted by atomic mass is 9.90. The molecule has 1 aliphatic rings. The Balaban J connectivity index is 1.90. The van der Waals surface area contributed by atoms with E-state index in [9.17, 15) is 4.79 Å². The molecular weight excluding hydrogens is 296 g/mol. The van der Waals surface area contributed by atoms with Crippen LogP contribution < -0.4 is 11.1 Å². The average molecular weight is 310 g/mol. The Morgan fingerprint density at radius 1 is 1.32 bits per heavy atom. The van der Waals surface area contributed by atoms with Crippen LogP contribution in [-0.4, -0.2) is 22.4 Å². The van der Waals surface area contributed by atoms with Gasteiger partial charge in [0.25, 0.3) is 0 Å². The van der Waals surface area contributed by atoms with Crippen LogP contribution in [0.3, 0.4) is 0 Å². The van der Waals surface area contributed by atoms with Gasteiger partial charge in [-0.1, -0.05) is 23.5 Å². The first-order chi connectivity index (χ1) is 10.7. The summed E-state index contributed by atoms with van der Waals surface area (Å²) in [5.41, 5.74) is 9.13. The van der Waals surface area contributed by atoms with E-state index < -0.39 is 5.91 Å². The van der Waals surface area contributed by atoms with Crippen LogP contribution in [0.25, 0.3) is 10.3 Å². The number of hydrogen-bond acceptors (Lipinski definition) is 5. The van der Waals surface area contributed by atoms with Crippen molar-refractivity contribution in [1.82, 2.24) is 15.3 Å². The number of thiazole rings is 1. The number of nitrogens with one attached hydrogen (secondary N) is 1. The van der Waals surface area contributed by atoms with Crippen molar-refractivity contribution in [2.45, 2.75) is 12.5 Å². The fraction of sp³-hybridized carbons (Fsp3) is 0.188. The highest BCUT2D eigenvalue weighted by atomic mass is 32.1. The molecule has 0 bridgehead atoms. The smallest absolute Gasteiger partial charge is 0.249 e. The van der Waals surface area contributed by atoms with E-state index in [1.807, 2.05) is 18.2 Å². The Hall–Kier alpha value is -2.31. The van der Waals surface area contributed by atoms with Gasteiger partial charge in [0.2, 0.25) is 5.91 Å². The molecule has 5 nitrogen and oxygen atoms in total. The fourth-order valence-corrected chi connectivity index (χ4v) is 3.95. The predicted octanol–water partition coefficient (Wildman–Crippen LogP) is 2.03. The second-order valence-corrected chi connectivity index (χ2v) is 6.27. The average Bonchev–Trinajstić information content (AvgIpc) is 2.97. The number of nitrogens with two attached hydrogens (primary N) is 1. The van der Waals surface area contributed by atoms with Crippen molar-refractivity contribution >= 4 is 27.6 Å². The van der Waals surface area contributed by atoms with E-state index in [-0.39, 0.29) is 6.04 Å². The van der Waals surface area contributed by atoms with E-state index >= 15 is 0 Å². The van der Waals surface area contributed by atoms with E-state index in [2.05, 4.69) is 21.4 Å². The number of hydrogen-bond donors (Lipinski definition) is 2. The fourth-order valence-electron chi connectivity index (χ4n) is 2.96. The molecule has 0 fully saturated rings. The lowest BCUT2D eigenvalue weighted by Gasteiger charge is -2.27. The third kappa shape index (κ3) is 2.08. The number of aromatic nitrogens is 2. The second-order valence-electron chi connectivity index (χ2n) is 5.26. The number of primary amides is 1. The highest BCUT2D eigenvalue weighted by Crippen LogP contribution is 2.34. The molecule has 110 valence electrons. The highest BCUT2D eigenvalue weighted by molar-refractivity contribution is 7.18. The largest absolute Gasteiger partial charge is 0.366 e. The van der Waals surface area contributed by atoms with E-state index in [4.69, 9.17) is 5.73 Å². The molecule has 22 heavy (non-hydrogen) atoms. The summed E-state index contributed by atoms with van der Waals surface area (Å²) in [7, 11) is 0. The SMILES string of the molecule is NC(=O)c1cccc2c1C(c1nc3cccnc3s1)NCC2. The zero-order valence-corrected chi connectivity index (χ0v) is 12.6. The van der Waals surface area contributed by atoms with Crippen molar-refractivity contribution in [3.8, 4) is 0 Å². The second kappa shape index (κ2) is 5.15. The van der Waals surface area contributed by atoms with Gasteiger partial charge in [-0.25, -0.2) is 9.97 Å². The van der Waals surface area contributed by atoms with Gasteiger partial charge in [0.1, 0.15) is 15.4 Å². The molecule has 3 heterocycles. The van der Waals surface area contributed by atoms with Crippen molar-refractivity contribution in [1.29, 1.82) is 0 Å². The van der Waals surface area contributed by atoms with Gasteiger partial charge in [-0.15, -0.1) is 0 Å². The standard InChI is InChI=1S/C16H14N4OS/c17-14(21)10-4-1-3-9-6-8-18-13(12(9)10)16-20-11-5-2-7-19-15(11)22-16/h1-5,7,13,18H,6,8H2,(H2,17,21). The van der Waals surface area contributed by atoms with Gasteiger partial charge in [-0.2, -0.15) is 0 Å². The molecule has 3 N–H and O–H groups in total. The molecule has 0 saturated heterocycles. The molecule has 0 saturated carbocycles. The normalized spacial score (nSPS) is 17.4. The van der Waals surface area contributed by atoms with Gasteiger partial charge in [-0.3, -0.25) is 4.79 Å². The topological polar surface area (TPSA) is 80.9 Å². The minimum absolute atomic E-state index is 0.105. The first-order valence-corrected chi connectivity index (χ1v) is 7.92. The number of nitrogens with zero attached hydrogens (tertiary/aromatic N) is 2. The molecular formula is C16H14N4OS. The summed E-state index contributed by atoms with van der Waals surface area (Å²) in [6, 6.07) is 9.45. The number of benzene rings is 1. The van der Waals surface area contributed by atoms with Gasteiger partial charge >= 0.3 is 0 Å². The summed E-state index contributed by atoms with van der Waals surface area (Å²) < 4.78 is 0. The van der Waals surface area contributed by atoms with Crippen LogP contribution >= 0.6 is 11.3 Å². The zero-order valence-electron chi connectivity index (χ0n) is 11.7. The molecule has 1 amide bonds. The molecule has 0 spiro atoms. The van der Waals surface area contributed by atoms with Crippen LogP contribution in [0, 0.1) is 0 Å². The van der Waals surface area contributed by atoms with Gasteiger partial charge in [0.05, 0.1) is 6.04 Å². The number of carbonyl (C=O) groups excluding carboxylic acids is 1. The number of amides is 1. The third-order valence-electron chi connectivity index (χ3n) is 3.92. The zero-order chi connectivity index (χ0) is 15.1. The van der Waals surface area contributed by atoms with Crippen LogP contribution in [0.15, 0.2) is 36.5 Å². The van der Waals surface area contributed by atoms with Gasteiger partial charge in [0, 0.05) is 18.3 Å². The molecule has 4 rings (SSSR count). The summed E-state index contributed by atoms with van der Waals surface area (Å²) in [6.07, 6.45) is 2.65. The summed E-state index contributed by atoms with van der Waals surface area (Å²) in [4.78, 5) is 21.7. The first-order valence-electron chi connectivity index (χ1n) is 7.10. The van der Waals surface area contributed by atoms with Crippen molar-refractivity contribution in [3.63, 3.8) is 0 Å². The van der Waals surface area contributed by atoms with Gasteiger partial charge in [-0.05, 0) is 35.7 Å². The first kappa shape index (κ1) is 13.4. The van der Waals surface area contributed by atoms with Crippen molar-refractivity contribution < 1.29 is 4.79 Å². The maximum Gasteiger partial charge on any atom is 0.249 e. The molecule has 1 aliphatic heterocycles. The van der Waals surface area contributed by atoms with Crippen molar-refractivity contribution in [2.24, 2.45) is 5.73 Å². The van der Waals surface area contributed by atoms with Crippen molar-refractivity contribution in [3.05, 3.63) is 58.2 Å². The Kier molecular flexibility index (Phi) is 3.13. The molecule has 1 unspecified atom stereocenters. The lowest BCUT2D eigenvalue weighted by molar-refractivity contribution is 0.0998. The lowest BCUT2D eigenvalue weighted by Crippen LogP contribution is -2.33. The molecule has 2 aromatic heterocycles. The number of pyridine rings is 1. The van der Waals surface area contributed by atoms with Crippen LogP contribution in [0.4, 0.5) is 0 Å². The van der Waals surface area contributed by atoms with E-state index in [1.165, 1.54) is 0 Å². The summed E-state index contributed by atoms with van der Waals surface area (Å²) in [5.74, 6) is -0.398. The minimum atomic E-state index is -0.398. The van der Waals surface area contributed by atoms with Crippen molar-refractivity contribution in [2.75, 3.05) is 6.54 Å². The Labute approximate surface area is 131 Å². The Morgan fingerprint density at radius 3 is 3.05 bits per heavy atom.